The van der Waals surface area contributed by atoms with Gasteiger partial charge in [-0.25, -0.2) is 0 Å². The molecule has 3 heterocycles. The number of carbonyl (C=O) groups is 1. The topological polar surface area (TPSA) is 59.4 Å². The minimum atomic E-state index is 0.0319. The van der Waals surface area contributed by atoms with Crippen molar-refractivity contribution in [2.24, 2.45) is 13.0 Å². The Hall–Kier alpha value is -1.40. The van der Waals surface area contributed by atoms with Gasteiger partial charge in [0.2, 0.25) is 5.91 Å². The van der Waals surface area contributed by atoms with E-state index in [4.69, 9.17) is 4.74 Å². The van der Waals surface area contributed by atoms with Gasteiger partial charge in [-0.1, -0.05) is 0 Å². The summed E-state index contributed by atoms with van der Waals surface area (Å²) in [5.41, 5.74) is 1.22. The van der Waals surface area contributed by atoms with Crippen LogP contribution in [0.2, 0.25) is 0 Å². The third-order valence-corrected chi connectivity index (χ3v) is 5.19. The Kier molecular flexibility index (Phi) is 3.66. The van der Waals surface area contributed by atoms with Crippen LogP contribution in [0, 0.1) is 5.92 Å². The van der Waals surface area contributed by atoms with Crippen molar-refractivity contribution in [3.05, 3.63) is 18.0 Å². The third kappa shape index (κ3) is 2.77. The lowest BCUT2D eigenvalue weighted by Crippen LogP contribution is -2.47. The van der Waals surface area contributed by atoms with Crippen LogP contribution in [0.25, 0.3) is 0 Å². The van der Waals surface area contributed by atoms with E-state index < -0.39 is 0 Å². The van der Waals surface area contributed by atoms with Crippen molar-refractivity contribution < 1.29 is 9.53 Å². The normalized spacial score (nSPS) is 32.0. The van der Waals surface area contributed by atoms with Gasteiger partial charge in [0.25, 0.3) is 0 Å². The number of nitrogens with one attached hydrogen (secondary N) is 1. The Morgan fingerprint density at radius 1 is 1.45 bits per heavy atom. The number of hydrogen-bond acceptors (Lipinski definition) is 4. The summed E-state index contributed by atoms with van der Waals surface area (Å²) in [4.78, 5) is 14.8. The minimum Gasteiger partial charge on any atom is -0.371 e. The zero-order chi connectivity index (χ0) is 15.1. The van der Waals surface area contributed by atoms with E-state index in [1.807, 2.05) is 17.9 Å². The molecule has 2 saturated heterocycles. The summed E-state index contributed by atoms with van der Waals surface area (Å²) >= 11 is 0. The molecule has 0 radical (unpaired) electrons. The van der Waals surface area contributed by atoms with Gasteiger partial charge in [0.05, 0.1) is 24.3 Å². The molecule has 3 atom stereocenters. The lowest BCUT2D eigenvalue weighted by molar-refractivity contribution is -0.129. The van der Waals surface area contributed by atoms with Crippen LogP contribution in [-0.2, 0) is 23.1 Å². The first kappa shape index (κ1) is 14.2. The van der Waals surface area contributed by atoms with Crippen molar-refractivity contribution in [3.8, 4) is 0 Å². The van der Waals surface area contributed by atoms with Gasteiger partial charge in [0.1, 0.15) is 0 Å². The highest BCUT2D eigenvalue weighted by molar-refractivity contribution is 5.80. The second kappa shape index (κ2) is 5.66. The van der Waals surface area contributed by atoms with Gasteiger partial charge >= 0.3 is 0 Å². The average Bonchev–Trinajstić information content (AvgIpc) is 2.97. The number of morpholine rings is 1. The van der Waals surface area contributed by atoms with Crippen LogP contribution in [-0.4, -0.2) is 51.9 Å². The highest BCUT2D eigenvalue weighted by Crippen LogP contribution is 2.33. The lowest BCUT2D eigenvalue weighted by atomic mass is 9.91. The van der Waals surface area contributed by atoms with Gasteiger partial charge in [-0.2, -0.15) is 5.10 Å². The first-order chi connectivity index (χ1) is 10.7. The Morgan fingerprint density at radius 2 is 2.32 bits per heavy atom. The smallest absolute Gasteiger partial charge is 0.226 e. The fourth-order valence-electron chi connectivity index (χ4n) is 3.81. The number of amides is 1. The number of fused-ring (bicyclic) bond motifs is 2. The van der Waals surface area contributed by atoms with Gasteiger partial charge in [0.15, 0.2) is 0 Å². The maximum absolute atomic E-state index is 12.4. The number of likely N-dealkylation sites (tertiary alicyclic amines) is 1. The molecule has 2 bridgehead atoms. The Morgan fingerprint density at radius 3 is 3.00 bits per heavy atom. The van der Waals surface area contributed by atoms with E-state index in [-0.39, 0.29) is 24.0 Å². The summed E-state index contributed by atoms with van der Waals surface area (Å²) in [5.74, 6) is 0.241. The monoisotopic (exact) mass is 304 g/mol. The molecule has 3 fully saturated rings. The molecular formula is C16H24N4O2. The molecule has 0 aromatic carbocycles. The van der Waals surface area contributed by atoms with Gasteiger partial charge in [-0.15, -0.1) is 0 Å². The van der Waals surface area contributed by atoms with Crippen molar-refractivity contribution in [2.75, 3.05) is 13.1 Å². The van der Waals surface area contributed by atoms with Crippen LogP contribution in [0.4, 0.5) is 0 Å². The quantitative estimate of drug-likeness (QED) is 0.888. The number of hydrogen-bond donors (Lipinski definition) is 1. The Bertz CT molecular complexity index is 554. The predicted molar refractivity (Wildman–Crippen MR) is 81.0 cm³/mol. The van der Waals surface area contributed by atoms with Crippen LogP contribution in [0.1, 0.15) is 31.2 Å². The van der Waals surface area contributed by atoms with Crippen molar-refractivity contribution in [3.63, 3.8) is 0 Å². The lowest BCUT2D eigenvalue weighted by Gasteiger charge is -2.33. The van der Waals surface area contributed by atoms with Crippen LogP contribution < -0.4 is 5.32 Å². The number of carbonyl (C=O) groups excluding carboxylic acids is 1. The zero-order valence-corrected chi connectivity index (χ0v) is 13.1. The van der Waals surface area contributed by atoms with Gasteiger partial charge in [-0.3, -0.25) is 14.4 Å². The molecule has 1 N–H and O–H groups in total. The minimum absolute atomic E-state index is 0.0319. The van der Waals surface area contributed by atoms with E-state index in [1.165, 1.54) is 12.0 Å². The van der Waals surface area contributed by atoms with Crippen molar-refractivity contribution in [2.45, 2.75) is 50.5 Å². The molecule has 6 nitrogen and oxygen atoms in total. The summed E-state index contributed by atoms with van der Waals surface area (Å²) in [6.45, 7) is 2.65. The number of aromatic nitrogens is 2. The first-order valence-electron chi connectivity index (χ1n) is 8.33. The number of nitrogens with zero attached hydrogens (tertiary/aromatic N) is 3. The number of ether oxygens (including phenoxy) is 1. The Labute approximate surface area is 130 Å². The molecule has 0 spiro atoms. The molecule has 1 aromatic rings. The molecular weight excluding hydrogens is 280 g/mol. The fraction of sp³-hybridized carbons (Fsp3) is 0.750. The third-order valence-electron chi connectivity index (χ3n) is 5.19. The molecule has 3 aliphatic rings. The van der Waals surface area contributed by atoms with Gasteiger partial charge < -0.3 is 10.1 Å². The largest absolute Gasteiger partial charge is 0.371 e. The Balaban J connectivity index is 1.36. The highest BCUT2D eigenvalue weighted by atomic mass is 16.5. The van der Waals surface area contributed by atoms with Crippen molar-refractivity contribution >= 4 is 5.91 Å². The van der Waals surface area contributed by atoms with Gasteiger partial charge in [0, 0.05) is 44.5 Å². The van der Waals surface area contributed by atoms with E-state index >= 15 is 0 Å². The second-order valence-electron chi connectivity index (χ2n) is 6.99. The van der Waals surface area contributed by atoms with Crippen LogP contribution >= 0.6 is 0 Å². The molecule has 4 rings (SSSR count). The molecule has 2 aliphatic heterocycles. The van der Waals surface area contributed by atoms with Crippen LogP contribution in [0.3, 0.4) is 0 Å². The van der Waals surface area contributed by atoms with E-state index in [0.29, 0.717) is 6.04 Å². The fourth-order valence-corrected chi connectivity index (χ4v) is 3.81. The molecule has 1 saturated carbocycles. The molecule has 120 valence electrons. The van der Waals surface area contributed by atoms with Crippen molar-refractivity contribution in [1.29, 1.82) is 0 Å². The zero-order valence-electron chi connectivity index (χ0n) is 13.1. The highest BCUT2D eigenvalue weighted by Gasteiger charge is 2.45. The number of aryl methyl sites for hydroxylation is 1. The molecule has 1 aromatic heterocycles. The molecule has 1 aliphatic carbocycles. The van der Waals surface area contributed by atoms with E-state index in [1.54, 1.807) is 0 Å². The molecule has 1 amide bonds. The van der Waals surface area contributed by atoms with E-state index in [9.17, 15) is 4.79 Å². The SMILES string of the molecule is Cn1cc(CN2C[C@H]3C[C@H](C(=O)NC4CCC4)[C@@H](C2)O3)cn1. The molecule has 0 unspecified atom stereocenters. The summed E-state index contributed by atoms with van der Waals surface area (Å²) in [5, 5.41) is 7.41. The van der Waals surface area contributed by atoms with Crippen LogP contribution in [0.5, 0.6) is 0 Å². The second-order valence-corrected chi connectivity index (χ2v) is 6.99. The standard InChI is InChI=1S/C16H24N4O2/c1-19-7-11(6-17-19)8-20-9-13-5-14(15(10-20)22-13)16(21)18-12-3-2-4-12/h6-7,12-15H,2-5,8-10H2,1H3,(H,18,21)/t13-,14+,15-/m1/s1. The predicted octanol–water partition coefficient (Wildman–Crippen LogP) is 0.678. The summed E-state index contributed by atoms with van der Waals surface area (Å²) in [6, 6.07) is 0.416. The van der Waals surface area contributed by atoms with Gasteiger partial charge in [-0.05, 0) is 25.7 Å². The van der Waals surface area contributed by atoms with E-state index in [2.05, 4.69) is 21.5 Å². The maximum Gasteiger partial charge on any atom is 0.226 e. The molecule has 22 heavy (non-hydrogen) atoms. The summed E-state index contributed by atoms with van der Waals surface area (Å²) in [7, 11) is 1.94. The summed E-state index contributed by atoms with van der Waals surface area (Å²) in [6.07, 6.45) is 8.62. The maximum atomic E-state index is 12.4. The first-order valence-corrected chi connectivity index (χ1v) is 8.33. The average molecular weight is 304 g/mol. The summed E-state index contributed by atoms with van der Waals surface area (Å²) < 4.78 is 7.85. The van der Waals surface area contributed by atoms with Crippen molar-refractivity contribution in [1.82, 2.24) is 20.0 Å². The number of rotatable bonds is 4. The van der Waals surface area contributed by atoms with E-state index in [0.717, 1.165) is 38.9 Å². The molecule has 6 heteroatoms. The van der Waals surface area contributed by atoms with Crippen LogP contribution in [0.15, 0.2) is 12.4 Å².